The summed E-state index contributed by atoms with van der Waals surface area (Å²) in [5.74, 6) is 0.647. The Labute approximate surface area is 126 Å². The standard InChI is InChI=1S/C20H32/c1-16(2)20-14-12-18(4)10-6-8-17(3)9-7-11-19(5)13-15-20/h8,11-12,20H,1,6-7,9-10,13-15H2,2-5H3/b17-8+,18-12+,19-11+/t20-/m1/s1. The third kappa shape index (κ3) is 6.93. The van der Waals surface area contributed by atoms with Crippen LogP contribution < -0.4 is 0 Å². The van der Waals surface area contributed by atoms with Crippen molar-refractivity contribution in [1.82, 2.24) is 0 Å². The summed E-state index contributed by atoms with van der Waals surface area (Å²) in [6.07, 6.45) is 15.7. The normalized spacial score (nSPS) is 31.0. The highest BCUT2D eigenvalue weighted by atomic mass is 14.1. The minimum absolute atomic E-state index is 0.647. The van der Waals surface area contributed by atoms with Crippen LogP contribution in [0.3, 0.4) is 0 Å². The van der Waals surface area contributed by atoms with Crippen molar-refractivity contribution in [2.45, 2.75) is 72.6 Å². The summed E-state index contributed by atoms with van der Waals surface area (Å²) >= 11 is 0. The summed E-state index contributed by atoms with van der Waals surface area (Å²) < 4.78 is 0. The lowest BCUT2D eigenvalue weighted by atomic mass is 9.89. The largest absolute Gasteiger partial charge is 0.0998 e. The van der Waals surface area contributed by atoms with Gasteiger partial charge in [0, 0.05) is 0 Å². The SMILES string of the molecule is C=C(C)[C@@H]1C/C=C(\C)CC/C=C(\C)CC/C=C(\C)CC1. The second kappa shape index (κ2) is 9.00. The van der Waals surface area contributed by atoms with E-state index in [9.17, 15) is 0 Å². The van der Waals surface area contributed by atoms with E-state index >= 15 is 0 Å². The van der Waals surface area contributed by atoms with E-state index in [1.807, 2.05) is 0 Å². The zero-order chi connectivity index (χ0) is 15.0. The molecule has 0 radical (unpaired) electrons. The third-order valence-corrected chi connectivity index (χ3v) is 4.40. The number of hydrogen-bond acceptors (Lipinski definition) is 0. The van der Waals surface area contributed by atoms with Gasteiger partial charge >= 0.3 is 0 Å². The molecule has 0 aliphatic heterocycles. The van der Waals surface area contributed by atoms with Crippen molar-refractivity contribution in [1.29, 1.82) is 0 Å². The van der Waals surface area contributed by atoms with Gasteiger partial charge in [0.1, 0.15) is 0 Å². The lowest BCUT2D eigenvalue weighted by Gasteiger charge is -2.16. The fourth-order valence-corrected chi connectivity index (χ4v) is 2.71. The molecule has 112 valence electrons. The van der Waals surface area contributed by atoms with Crippen molar-refractivity contribution < 1.29 is 0 Å². The van der Waals surface area contributed by atoms with E-state index in [4.69, 9.17) is 0 Å². The summed E-state index contributed by atoms with van der Waals surface area (Å²) in [4.78, 5) is 0. The maximum absolute atomic E-state index is 4.18. The van der Waals surface area contributed by atoms with E-state index in [1.54, 1.807) is 11.1 Å². The molecule has 0 spiro atoms. The average Bonchev–Trinajstić information content (AvgIpc) is 2.37. The van der Waals surface area contributed by atoms with Gasteiger partial charge in [0.2, 0.25) is 0 Å². The molecule has 20 heavy (non-hydrogen) atoms. The summed E-state index contributed by atoms with van der Waals surface area (Å²) in [7, 11) is 0. The lowest BCUT2D eigenvalue weighted by Crippen LogP contribution is -2.01. The smallest absolute Gasteiger partial charge is 0.0171 e. The van der Waals surface area contributed by atoms with Gasteiger partial charge in [0.15, 0.2) is 0 Å². The Kier molecular flexibility index (Phi) is 7.65. The zero-order valence-electron chi connectivity index (χ0n) is 14.0. The Morgan fingerprint density at radius 3 is 1.95 bits per heavy atom. The first-order valence-electron chi connectivity index (χ1n) is 8.11. The summed E-state index contributed by atoms with van der Waals surface area (Å²) in [5.41, 5.74) is 5.95. The Morgan fingerprint density at radius 1 is 0.900 bits per heavy atom. The highest BCUT2D eigenvalue weighted by Crippen LogP contribution is 2.24. The van der Waals surface area contributed by atoms with E-state index in [0.29, 0.717) is 5.92 Å². The molecule has 0 heteroatoms. The first-order valence-corrected chi connectivity index (χ1v) is 8.11. The second-order valence-corrected chi connectivity index (χ2v) is 6.55. The number of allylic oxidation sites excluding steroid dienone is 7. The molecule has 1 atom stereocenters. The molecular formula is C20H32. The molecular weight excluding hydrogens is 240 g/mol. The van der Waals surface area contributed by atoms with Gasteiger partial charge in [-0.15, -0.1) is 0 Å². The Bertz CT molecular complexity index is 404. The summed E-state index contributed by atoms with van der Waals surface area (Å²) in [5, 5.41) is 0. The zero-order valence-corrected chi connectivity index (χ0v) is 14.0. The van der Waals surface area contributed by atoms with Crippen LogP contribution in [-0.4, -0.2) is 0 Å². The van der Waals surface area contributed by atoms with Crippen LogP contribution >= 0.6 is 0 Å². The predicted octanol–water partition coefficient (Wildman–Crippen LogP) is 6.76. The van der Waals surface area contributed by atoms with E-state index in [-0.39, 0.29) is 0 Å². The molecule has 0 saturated heterocycles. The molecule has 0 N–H and O–H groups in total. The van der Waals surface area contributed by atoms with Gasteiger partial charge in [-0.3, -0.25) is 0 Å². The molecule has 1 aliphatic carbocycles. The Balaban J connectivity index is 2.77. The minimum atomic E-state index is 0.647. The van der Waals surface area contributed by atoms with Crippen molar-refractivity contribution in [3.05, 3.63) is 47.1 Å². The summed E-state index contributed by atoms with van der Waals surface area (Å²) in [6, 6.07) is 0. The first kappa shape index (κ1) is 17.0. The fourth-order valence-electron chi connectivity index (χ4n) is 2.71. The van der Waals surface area contributed by atoms with Crippen LogP contribution in [0.2, 0.25) is 0 Å². The van der Waals surface area contributed by atoms with Crippen molar-refractivity contribution in [3.8, 4) is 0 Å². The Morgan fingerprint density at radius 2 is 1.40 bits per heavy atom. The van der Waals surface area contributed by atoms with Gasteiger partial charge in [-0.05, 0) is 78.6 Å². The number of hydrogen-bond donors (Lipinski definition) is 0. The molecule has 0 nitrogen and oxygen atoms in total. The molecule has 1 aliphatic rings. The van der Waals surface area contributed by atoms with Crippen molar-refractivity contribution in [3.63, 3.8) is 0 Å². The highest BCUT2D eigenvalue weighted by molar-refractivity contribution is 5.09. The van der Waals surface area contributed by atoms with E-state index < -0.39 is 0 Å². The topological polar surface area (TPSA) is 0 Å². The molecule has 0 aromatic heterocycles. The van der Waals surface area contributed by atoms with Gasteiger partial charge in [-0.1, -0.05) is 47.1 Å². The molecule has 0 amide bonds. The fraction of sp³-hybridized carbons (Fsp3) is 0.600. The van der Waals surface area contributed by atoms with Crippen LogP contribution in [0.15, 0.2) is 47.1 Å². The van der Waals surface area contributed by atoms with Gasteiger partial charge in [-0.25, -0.2) is 0 Å². The van der Waals surface area contributed by atoms with Crippen LogP contribution in [0.5, 0.6) is 0 Å². The molecule has 0 heterocycles. The van der Waals surface area contributed by atoms with Gasteiger partial charge in [-0.2, -0.15) is 0 Å². The van der Waals surface area contributed by atoms with Crippen LogP contribution in [0, 0.1) is 5.92 Å². The molecule has 0 fully saturated rings. The molecule has 0 aromatic carbocycles. The van der Waals surface area contributed by atoms with E-state index in [0.717, 1.165) is 6.42 Å². The molecule has 0 saturated carbocycles. The van der Waals surface area contributed by atoms with Gasteiger partial charge < -0.3 is 0 Å². The van der Waals surface area contributed by atoms with Crippen LogP contribution in [0.4, 0.5) is 0 Å². The van der Waals surface area contributed by atoms with Crippen molar-refractivity contribution in [2.24, 2.45) is 5.92 Å². The summed E-state index contributed by atoms with van der Waals surface area (Å²) in [6.45, 7) is 13.2. The van der Waals surface area contributed by atoms with Crippen LogP contribution in [0.1, 0.15) is 72.6 Å². The van der Waals surface area contributed by atoms with E-state index in [2.05, 4.69) is 52.5 Å². The molecule has 0 bridgehead atoms. The third-order valence-electron chi connectivity index (χ3n) is 4.40. The Hall–Kier alpha value is -1.04. The number of rotatable bonds is 1. The second-order valence-electron chi connectivity index (χ2n) is 6.55. The van der Waals surface area contributed by atoms with Crippen molar-refractivity contribution >= 4 is 0 Å². The molecule has 0 unspecified atom stereocenters. The van der Waals surface area contributed by atoms with Crippen molar-refractivity contribution in [2.75, 3.05) is 0 Å². The maximum atomic E-state index is 4.18. The van der Waals surface area contributed by atoms with Gasteiger partial charge in [0.25, 0.3) is 0 Å². The molecule has 1 rings (SSSR count). The van der Waals surface area contributed by atoms with E-state index in [1.165, 1.54) is 49.7 Å². The van der Waals surface area contributed by atoms with Gasteiger partial charge in [0.05, 0.1) is 0 Å². The quantitative estimate of drug-likeness (QED) is 0.462. The monoisotopic (exact) mass is 272 g/mol. The predicted molar refractivity (Wildman–Crippen MR) is 91.9 cm³/mol. The highest BCUT2D eigenvalue weighted by Gasteiger charge is 2.08. The minimum Gasteiger partial charge on any atom is -0.0998 e. The van der Waals surface area contributed by atoms with Crippen LogP contribution in [-0.2, 0) is 0 Å². The average molecular weight is 272 g/mol. The first-order chi connectivity index (χ1) is 9.49. The van der Waals surface area contributed by atoms with Crippen LogP contribution in [0.25, 0.3) is 0 Å². The lowest BCUT2D eigenvalue weighted by molar-refractivity contribution is 0.564. The molecule has 0 aromatic rings. The maximum Gasteiger partial charge on any atom is -0.0171 e.